The number of carboxylic acids is 1. The second kappa shape index (κ2) is 8.89. The largest absolute Gasteiger partial charge is 0.478 e. The minimum absolute atomic E-state index is 0.0225. The number of hydrogen-bond acceptors (Lipinski definition) is 4. The topological polar surface area (TPSA) is 118 Å². The molecule has 8 heteroatoms. The Labute approximate surface area is 174 Å². The van der Waals surface area contributed by atoms with Gasteiger partial charge in [0.05, 0.1) is 10.5 Å². The lowest BCUT2D eigenvalue weighted by atomic mass is 10.1. The first-order valence-corrected chi connectivity index (χ1v) is 10.5. The Balaban J connectivity index is 2.10. The molecule has 3 rings (SSSR count). The fourth-order valence-corrected chi connectivity index (χ4v) is 4.68. The maximum absolute atomic E-state index is 13.5. The van der Waals surface area contributed by atoms with Crippen molar-refractivity contribution in [3.05, 3.63) is 102 Å². The van der Waals surface area contributed by atoms with Gasteiger partial charge in [-0.15, -0.1) is 0 Å². The number of carbonyl (C=O) groups excluding carboxylic acids is 1. The van der Waals surface area contributed by atoms with E-state index in [9.17, 15) is 18.0 Å². The number of hydrogen-bond donors (Lipinski definition) is 2. The van der Waals surface area contributed by atoms with Crippen LogP contribution in [0.15, 0.2) is 89.8 Å². The fraction of sp³-hybridized carbons (Fsp3) is 0.0909. The van der Waals surface area contributed by atoms with Gasteiger partial charge < -0.3 is 10.8 Å². The first-order valence-electron chi connectivity index (χ1n) is 9.04. The minimum atomic E-state index is -4.10. The molecule has 3 N–H and O–H groups in total. The molecule has 0 unspecified atom stereocenters. The molecule has 0 aromatic heterocycles. The molecule has 0 heterocycles. The third kappa shape index (κ3) is 4.56. The van der Waals surface area contributed by atoms with Gasteiger partial charge in [-0.2, -0.15) is 4.31 Å². The summed E-state index contributed by atoms with van der Waals surface area (Å²) in [4.78, 5) is 23.5. The van der Waals surface area contributed by atoms with Crippen LogP contribution in [-0.4, -0.2) is 29.7 Å². The highest BCUT2D eigenvalue weighted by molar-refractivity contribution is 7.89. The molecule has 7 nitrogen and oxygen atoms in total. The molecule has 0 spiro atoms. The highest BCUT2D eigenvalue weighted by atomic mass is 32.2. The number of aromatic carboxylic acids is 1. The van der Waals surface area contributed by atoms with E-state index < -0.39 is 27.9 Å². The van der Waals surface area contributed by atoms with E-state index >= 15 is 0 Å². The number of rotatable bonds is 8. The van der Waals surface area contributed by atoms with Gasteiger partial charge in [-0.25, -0.2) is 13.2 Å². The van der Waals surface area contributed by atoms with E-state index in [-0.39, 0.29) is 17.0 Å². The quantitative estimate of drug-likeness (QED) is 0.576. The van der Waals surface area contributed by atoms with Crippen LogP contribution < -0.4 is 5.73 Å². The second-order valence-corrected chi connectivity index (χ2v) is 8.47. The number of sulfonamides is 1. The molecule has 1 atom stereocenters. The van der Waals surface area contributed by atoms with Gasteiger partial charge >= 0.3 is 5.97 Å². The van der Waals surface area contributed by atoms with Gasteiger partial charge in [-0.1, -0.05) is 60.7 Å². The van der Waals surface area contributed by atoms with E-state index in [4.69, 9.17) is 10.8 Å². The summed E-state index contributed by atoms with van der Waals surface area (Å²) in [6, 6.07) is 20.7. The van der Waals surface area contributed by atoms with E-state index in [2.05, 4.69) is 0 Å². The van der Waals surface area contributed by atoms with Crippen LogP contribution in [0, 0.1) is 0 Å². The normalized spacial score (nSPS) is 12.4. The third-order valence-corrected chi connectivity index (χ3v) is 6.39. The van der Waals surface area contributed by atoms with E-state index in [1.54, 1.807) is 48.5 Å². The zero-order chi connectivity index (χ0) is 21.7. The molecule has 0 aliphatic rings. The van der Waals surface area contributed by atoms with Crippen molar-refractivity contribution >= 4 is 21.9 Å². The van der Waals surface area contributed by atoms with Crippen LogP contribution in [0.2, 0.25) is 0 Å². The molecule has 3 aromatic rings. The van der Waals surface area contributed by atoms with Crippen molar-refractivity contribution in [1.82, 2.24) is 4.31 Å². The van der Waals surface area contributed by atoms with Crippen molar-refractivity contribution in [2.45, 2.75) is 17.5 Å². The van der Waals surface area contributed by atoms with Crippen molar-refractivity contribution in [2.75, 3.05) is 0 Å². The average Bonchev–Trinajstić information content (AvgIpc) is 2.75. The van der Waals surface area contributed by atoms with Gasteiger partial charge in [-0.05, 0) is 35.4 Å². The second-order valence-electron chi connectivity index (χ2n) is 6.58. The molecule has 0 saturated heterocycles. The van der Waals surface area contributed by atoms with Crippen molar-refractivity contribution in [1.29, 1.82) is 0 Å². The number of primary amides is 1. The SMILES string of the molecule is NC(=O)[C@@H](c1ccccc1)N(Cc1ccc(C(=O)O)cc1)S(=O)(=O)c1ccccc1. The van der Waals surface area contributed by atoms with Crippen molar-refractivity contribution < 1.29 is 23.1 Å². The molecule has 1 amide bonds. The van der Waals surface area contributed by atoms with E-state index in [1.807, 2.05) is 0 Å². The van der Waals surface area contributed by atoms with Crippen LogP contribution in [0.3, 0.4) is 0 Å². The molecule has 30 heavy (non-hydrogen) atoms. The first-order chi connectivity index (χ1) is 14.3. The van der Waals surface area contributed by atoms with Crippen LogP contribution in [0.5, 0.6) is 0 Å². The summed E-state index contributed by atoms with van der Waals surface area (Å²) in [5.74, 6) is -1.91. The van der Waals surface area contributed by atoms with E-state index in [0.29, 0.717) is 11.1 Å². The average molecular weight is 424 g/mol. The van der Waals surface area contributed by atoms with Crippen LogP contribution >= 0.6 is 0 Å². The highest BCUT2D eigenvalue weighted by Gasteiger charge is 2.36. The van der Waals surface area contributed by atoms with Gasteiger partial charge in [0, 0.05) is 6.54 Å². The van der Waals surface area contributed by atoms with Crippen LogP contribution in [0.25, 0.3) is 0 Å². The lowest BCUT2D eigenvalue weighted by molar-refractivity contribution is -0.122. The predicted molar refractivity (Wildman–Crippen MR) is 111 cm³/mol. The number of carboxylic acid groups (broad SMARTS) is 1. The van der Waals surface area contributed by atoms with Crippen LogP contribution in [-0.2, 0) is 21.4 Å². The Kier molecular flexibility index (Phi) is 6.29. The summed E-state index contributed by atoms with van der Waals surface area (Å²) in [6.45, 7) is -0.167. The molecule has 0 saturated carbocycles. The van der Waals surface area contributed by atoms with Crippen molar-refractivity contribution in [3.8, 4) is 0 Å². The summed E-state index contributed by atoms with van der Waals surface area (Å²) in [7, 11) is -4.10. The summed E-state index contributed by atoms with van der Waals surface area (Å²) in [5.41, 5.74) is 6.67. The number of amides is 1. The minimum Gasteiger partial charge on any atom is -0.478 e. The van der Waals surface area contributed by atoms with Gasteiger partial charge in [0.1, 0.15) is 6.04 Å². The Morgan fingerprint density at radius 1 is 0.867 bits per heavy atom. The molecule has 0 fully saturated rings. The first kappa shape index (κ1) is 21.2. The Hall–Kier alpha value is -3.49. The summed E-state index contributed by atoms with van der Waals surface area (Å²) < 4.78 is 27.9. The Bertz CT molecular complexity index is 1130. The maximum Gasteiger partial charge on any atom is 0.335 e. The monoisotopic (exact) mass is 424 g/mol. The molecule has 0 bridgehead atoms. The molecule has 0 aliphatic heterocycles. The predicted octanol–water partition coefficient (Wildman–Crippen LogP) is 2.80. The zero-order valence-electron chi connectivity index (χ0n) is 15.9. The number of nitrogens with two attached hydrogens (primary N) is 1. The summed E-state index contributed by atoms with van der Waals surface area (Å²) in [5, 5.41) is 9.08. The summed E-state index contributed by atoms with van der Waals surface area (Å²) in [6.07, 6.45) is 0. The van der Waals surface area contributed by atoms with E-state index in [1.165, 1.54) is 36.4 Å². The summed E-state index contributed by atoms with van der Waals surface area (Å²) >= 11 is 0. The standard InChI is InChI=1S/C22H20N2O5S/c23-21(25)20(17-7-3-1-4-8-17)24(30(28,29)19-9-5-2-6-10-19)15-16-11-13-18(14-12-16)22(26)27/h1-14,20H,15H2,(H2,23,25)(H,26,27)/t20-/m1/s1. The van der Waals surface area contributed by atoms with Gasteiger partial charge in [0.2, 0.25) is 15.9 Å². The molecule has 154 valence electrons. The molecule has 0 aliphatic carbocycles. The number of benzene rings is 3. The Morgan fingerprint density at radius 2 is 1.40 bits per heavy atom. The van der Waals surface area contributed by atoms with Crippen LogP contribution in [0.4, 0.5) is 0 Å². The lowest BCUT2D eigenvalue weighted by Crippen LogP contribution is -2.41. The van der Waals surface area contributed by atoms with Crippen molar-refractivity contribution in [2.24, 2.45) is 5.73 Å². The number of carbonyl (C=O) groups is 2. The fourth-order valence-electron chi connectivity index (χ4n) is 3.08. The molecular formula is C22H20N2O5S. The highest BCUT2D eigenvalue weighted by Crippen LogP contribution is 2.29. The Morgan fingerprint density at radius 3 is 1.90 bits per heavy atom. The lowest BCUT2D eigenvalue weighted by Gasteiger charge is -2.29. The third-order valence-electron chi connectivity index (χ3n) is 4.56. The van der Waals surface area contributed by atoms with Gasteiger partial charge in [-0.3, -0.25) is 4.79 Å². The van der Waals surface area contributed by atoms with E-state index in [0.717, 1.165) is 4.31 Å². The molecular weight excluding hydrogens is 404 g/mol. The molecule has 3 aromatic carbocycles. The number of nitrogens with zero attached hydrogens (tertiary/aromatic N) is 1. The van der Waals surface area contributed by atoms with Gasteiger partial charge in [0.15, 0.2) is 0 Å². The molecule has 0 radical (unpaired) electrons. The zero-order valence-corrected chi connectivity index (χ0v) is 16.7. The van der Waals surface area contributed by atoms with Crippen LogP contribution in [0.1, 0.15) is 27.5 Å². The maximum atomic E-state index is 13.5. The smallest absolute Gasteiger partial charge is 0.335 e. The van der Waals surface area contributed by atoms with Crippen molar-refractivity contribution in [3.63, 3.8) is 0 Å². The van der Waals surface area contributed by atoms with Gasteiger partial charge in [0.25, 0.3) is 0 Å².